The number of allylic oxidation sites excluding steroid dienone is 5. The highest BCUT2D eigenvalue weighted by molar-refractivity contribution is 5.95. The van der Waals surface area contributed by atoms with Gasteiger partial charge in [-0.15, -0.1) is 5.10 Å². The van der Waals surface area contributed by atoms with Gasteiger partial charge < -0.3 is 4.90 Å². The van der Waals surface area contributed by atoms with Crippen LogP contribution in [-0.2, 0) is 16.8 Å². The fourth-order valence-electron chi connectivity index (χ4n) is 6.13. The molecule has 3 aliphatic carbocycles. The van der Waals surface area contributed by atoms with Crippen molar-refractivity contribution in [1.82, 2.24) is 25.1 Å². The Morgan fingerprint density at radius 3 is 2.96 bits per heavy atom. The summed E-state index contributed by atoms with van der Waals surface area (Å²) in [6.45, 7) is 4.63. The van der Waals surface area contributed by atoms with Gasteiger partial charge in [0.15, 0.2) is 11.4 Å². The molecule has 6 heteroatoms. The molecule has 132 valence electrons. The lowest BCUT2D eigenvalue weighted by atomic mass is 9.57. The first-order valence-electron chi connectivity index (χ1n) is 9.30. The number of carbonyl (C=O) groups excluding carboxylic acids is 1. The van der Waals surface area contributed by atoms with Gasteiger partial charge in [0.25, 0.3) is 5.91 Å². The van der Waals surface area contributed by atoms with Gasteiger partial charge in [0, 0.05) is 19.4 Å². The van der Waals surface area contributed by atoms with E-state index in [4.69, 9.17) is 0 Å². The van der Waals surface area contributed by atoms with Gasteiger partial charge in [0.2, 0.25) is 0 Å². The number of rotatable bonds is 0. The molecule has 1 amide bonds. The molecule has 0 N–H and O–H groups in total. The lowest BCUT2D eigenvalue weighted by Gasteiger charge is -2.49. The fraction of sp³-hybridized carbons (Fsp3) is 0.500. The number of nitrogens with zero attached hydrogens (tertiary/aromatic N) is 5. The summed E-state index contributed by atoms with van der Waals surface area (Å²) in [7, 11) is 1.92. The second kappa shape index (κ2) is 4.24. The highest BCUT2D eigenvalue weighted by atomic mass is 16.2. The Hall–Kier alpha value is -2.50. The normalized spacial score (nSPS) is 35.7. The Bertz CT molecular complexity index is 1010. The monoisotopic (exact) mass is 347 g/mol. The molecule has 6 rings (SSSR count). The predicted octanol–water partition coefficient (Wildman–Crippen LogP) is 1.93. The highest BCUT2D eigenvalue weighted by Gasteiger charge is 2.67. The molecule has 1 aromatic rings. The van der Waals surface area contributed by atoms with Gasteiger partial charge in [0.05, 0.1) is 6.04 Å². The van der Waals surface area contributed by atoms with E-state index in [0.717, 1.165) is 25.1 Å². The summed E-state index contributed by atoms with van der Waals surface area (Å²) < 4.78 is 1.85. The van der Waals surface area contributed by atoms with Crippen LogP contribution in [0, 0.1) is 11.3 Å². The molecule has 3 atom stereocenters. The number of amides is 1. The third-order valence-electron chi connectivity index (χ3n) is 6.84. The van der Waals surface area contributed by atoms with Crippen molar-refractivity contribution in [2.75, 3.05) is 7.05 Å². The van der Waals surface area contributed by atoms with Crippen LogP contribution in [0.4, 0.5) is 0 Å². The van der Waals surface area contributed by atoms with E-state index in [1.54, 1.807) is 0 Å². The number of fused-ring (bicyclic) bond motifs is 1. The third-order valence-corrected chi connectivity index (χ3v) is 6.84. The molecule has 1 aromatic heterocycles. The van der Waals surface area contributed by atoms with E-state index in [0.29, 0.717) is 0 Å². The van der Waals surface area contributed by atoms with E-state index in [2.05, 4.69) is 53.7 Å². The minimum Gasteiger partial charge on any atom is -0.336 e. The molecule has 5 aliphatic rings. The summed E-state index contributed by atoms with van der Waals surface area (Å²) in [5.74, 6) is 0.984. The van der Waals surface area contributed by atoms with Gasteiger partial charge in [-0.2, -0.15) is 0 Å². The predicted molar refractivity (Wildman–Crippen MR) is 94.9 cm³/mol. The molecule has 0 aromatic carbocycles. The Labute approximate surface area is 151 Å². The molecule has 0 saturated carbocycles. The zero-order valence-corrected chi connectivity index (χ0v) is 15.2. The van der Waals surface area contributed by atoms with Crippen molar-refractivity contribution in [2.45, 2.75) is 44.7 Å². The van der Waals surface area contributed by atoms with E-state index in [-0.39, 0.29) is 23.3 Å². The van der Waals surface area contributed by atoms with Crippen LogP contribution in [0.3, 0.4) is 0 Å². The number of likely N-dealkylation sites (N-methyl/N-ethyl adjacent to an activating group) is 1. The summed E-state index contributed by atoms with van der Waals surface area (Å²) in [5, 5.41) is 12.6. The van der Waals surface area contributed by atoms with Crippen LogP contribution in [0.1, 0.15) is 32.5 Å². The van der Waals surface area contributed by atoms with Crippen molar-refractivity contribution in [1.29, 1.82) is 0 Å². The standard InChI is InChI=1S/C20H21N5O/c1-19(2)9-12-7-11-5-4-6-14-17(11)20(18(26)24(14)3)16(12)13(10-19)8-15-21-22-23-25(15)20/h4-7,14,17H,8-10H2,1-3H3. The van der Waals surface area contributed by atoms with Crippen LogP contribution in [0.5, 0.6) is 0 Å². The fourth-order valence-corrected chi connectivity index (χ4v) is 6.13. The summed E-state index contributed by atoms with van der Waals surface area (Å²) in [4.78, 5) is 15.7. The first kappa shape index (κ1) is 14.6. The highest BCUT2D eigenvalue weighted by Crippen LogP contribution is 2.61. The summed E-state index contributed by atoms with van der Waals surface area (Å²) in [6, 6.07) is 0.0548. The van der Waals surface area contributed by atoms with Gasteiger partial charge in [-0.3, -0.25) is 4.79 Å². The number of hydrogen-bond acceptors (Lipinski definition) is 4. The molecule has 0 radical (unpaired) electrons. The van der Waals surface area contributed by atoms with Crippen molar-refractivity contribution < 1.29 is 4.79 Å². The summed E-state index contributed by atoms with van der Waals surface area (Å²) in [5.41, 5.74) is 4.49. The molecule has 1 saturated heterocycles. The lowest BCUT2D eigenvalue weighted by Crippen LogP contribution is -2.55. The van der Waals surface area contributed by atoms with Crippen LogP contribution < -0.4 is 0 Å². The van der Waals surface area contributed by atoms with Crippen molar-refractivity contribution >= 4 is 5.91 Å². The molecule has 3 heterocycles. The summed E-state index contributed by atoms with van der Waals surface area (Å²) in [6.07, 6.45) is 11.5. The van der Waals surface area contributed by atoms with Gasteiger partial charge in [-0.05, 0) is 45.4 Å². The minimum atomic E-state index is -0.803. The first-order chi connectivity index (χ1) is 12.4. The second-order valence-electron chi connectivity index (χ2n) is 9.05. The van der Waals surface area contributed by atoms with Crippen molar-refractivity contribution in [2.24, 2.45) is 11.3 Å². The van der Waals surface area contributed by atoms with Crippen molar-refractivity contribution in [3.05, 3.63) is 52.4 Å². The van der Waals surface area contributed by atoms with Crippen LogP contribution in [0.2, 0.25) is 0 Å². The molecule has 3 unspecified atom stereocenters. The molecule has 0 bridgehead atoms. The molecule has 26 heavy (non-hydrogen) atoms. The zero-order valence-electron chi connectivity index (χ0n) is 15.2. The molecule has 1 fully saturated rings. The molecule has 1 spiro atoms. The maximum Gasteiger partial charge on any atom is 0.256 e. The number of carbonyl (C=O) groups is 1. The average molecular weight is 347 g/mol. The Kier molecular flexibility index (Phi) is 2.39. The van der Waals surface area contributed by atoms with Crippen molar-refractivity contribution in [3.63, 3.8) is 0 Å². The Morgan fingerprint density at radius 2 is 2.12 bits per heavy atom. The largest absolute Gasteiger partial charge is 0.336 e. The van der Waals surface area contributed by atoms with Crippen LogP contribution in [-0.4, -0.2) is 44.1 Å². The van der Waals surface area contributed by atoms with Crippen LogP contribution in [0.25, 0.3) is 0 Å². The van der Waals surface area contributed by atoms with Crippen LogP contribution >= 0.6 is 0 Å². The molecular formula is C20H21N5O. The zero-order chi connectivity index (χ0) is 17.8. The average Bonchev–Trinajstić information content (AvgIpc) is 3.13. The van der Waals surface area contributed by atoms with E-state index in [1.165, 1.54) is 22.3 Å². The van der Waals surface area contributed by atoms with Crippen LogP contribution in [0.15, 0.2) is 46.6 Å². The smallest absolute Gasteiger partial charge is 0.256 e. The molecule has 2 aliphatic heterocycles. The lowest BCUT2D eigenvalue weighted by molar-refractivity contribution is -0.134. The Balaban J connectivity index is 1.76. The van der Waals surface area contributed by atoms with E-state index in [1.807, 2.05) is 16.6 Å². The first-order valence-corrected chi connectivity index (χ1v) is 9.30. The Morgan fingerprint density at radius 1 is 1.27 bits per heavy atom. The number of hydrogen-bond donors (Lipinski definition) is 0. The minimum absolute atomic E-state index is 0.0440. The third kappa shape index (κ3) is 1.43. The maximum absolute atomic E-state index is 13.8. The van der Waals surface area contributed by atoms with Gasteiger partial charge in [0.1, 0.15) is 0 Å². The number of tetrazole rings is 1. The topological polar surface area (TPSA) is 63.9 Å². The van der Waals surface area contributed by atoms with Gasteiger partial charge >= 0.3 is 0 Å². The second-order valence-corrected chi connectivity index (χ2v) is 9.05. The molecule has 6 nitrogen and oxygen atoms in total. The molecular weight excluding hydrogens is 326 g/mol. The van der Waals surface area contributed by atoms with E-state index >= 15 is 0 Å². The van der Waals surface area contributed by atoms with Gasteiger partial charge in [-0.25, -0.2) is 4.68 Å². The number of aromatic nitrogens is 4. The quantitative estimate of drug-likeness (QED) is 0.719. The van der Waals surface area contributed by atoms with Crippen molar-refractivity contribution in [3.8, 4) is 0 Å². The summed E-state index contributed by atoms with van der Waals surface area (Å²) >= 11 is 0. The van der Waals surface area contributed by atoms with E-state index < -0.39 is 5.54 Å². The SMILES string of the molecule is CN1C(=O)C23C4=C(Cc5nnnn52)CC(C)(C)CC4=CC2=CC=CC1C23. The maximum atomic E-state index is 13.8. The number of likely N-dealkylation sites (tertiary alicyclic amines) is 1. The van der Waals surface area contributed by atoms with Gasteiger partial charge in [-0.1, -0.05) is 43.7 Å². The van der Waals surface area contributed by atoms with E-state index in [9.17, 15) is 4.79 Å².